The Balaban J connectivity index is 1.56. The summed E-state index contributed by atoms with van der Waals surface area (Å²) in [4.78, 5) is 26.0. The summed E-state index contributed by atoms with van der Waals surface area (Å²) in [5.41, 5.74) is 1.68. The molecule has 7 nitrogen and oxygen atoms in total. The molecule has 7 heteroatoms. The van der Waals surface area contributed by atoms with Crippen LogP contribution < -0.4 is 0 Å². The summed E-state index contributed by atoms with van der Waals surface area (Å²) in [6.45, 7) is 1.32. The predicted octanol–water partition coefficient (Wildman–Crippen LogP) is 1.97. The Hall–Kier alpha value is -2.70. The lowest BCUT2D eigenvalue weighted by Gasteiger charge is -2.30. The van der Waals surface area contributed by atoms with Crippen LogP contribution in [0.3, 0.4) is 0 Å². The van der Waals surface area contributed by atoms with Gasteiger partial charge in [0, 0.05) is 19.0 Å². The first-order valence-electron chi connectivity index (χ1n) is 7.31. The Labute approximate surface area is 126 Å². The second-order valence-electron chi connectivity index (χ2n) is 5.48. The number of nitrogens with one attached hydrogen (secondary N) is 1. The minimum Gasteiger partial charge on any atom is -0.343 e. The number of piperidine rings is 1. The summed E-state index contributed by atoms with van der Waals surface area (Å²) in [5.74, 6) is 1.10. The SMILES string of the molecule is O=C(c1nc2ccccc2[nH]1)N1CCC[C@@H](c2ncon2)C1. The van der Waals surface area contributed by atoms with Crippen molar-refractivity contribution in [1.82, 2.24) is 25.0 Å². The molecule has 1 amide bonds. The highest BCUT2D eigenvalue weighted by Gasteiger charge is 2.29. The van der Waals surface area contributed by atoms with Gasteiger partial charge in [0.1, 0.15) is 0 Å². The highest BCUT2D eigenvalue weighted by molar-refractivity contribution is 5.94. The van der Waals surface area contributed by atoms with Crippen molar-refractivity contribution in [3.05, 3.63) is 42.3 Å². The third-order valence-electron chi connectivity index (χ3n) is 4.04. The van der Waals surface area contributed by atoms with Crippen LogP contribution in [0.1, 0.15) is 35.2 Å². The van der Waals surface area contributed by atoms with Crippen LogP contribution in [-0.4, -0.2) is 44.0 Å². The van der Waals surface area contributed by atoms with E-state index in [1.54, 1.807) is 0 Å². The molecule has 2 aromatic heterocycles. The van der Waals surface area contributed by atoms with E-state index in [1.807, 2.05) is 29.2 Å². The normalized spacial score (nSPS) is 18.7. The predicted molar refractivity (Wildman–Crippen MR) is 78.3 cm³/mol. The van der Waals surface area contributed by atoms with E-state index in [4.69, 9.17) is 4.52 Å². The fourth-order valence-corrected chi connectivity index (χ4v) is 2.93. The molecule has 1 aromatic carbocycles. The van der Waals surface area contributed by atoms with Crippen LogP contribution in [0.5, 0.6) is 0 Å². The third kappa shape index (κ3) is 2.24. The Morgan fingerprint density at radius 2 is 2.27 bits per heavy atom. The van der Waals surface area contributed by atoms with Crippen molar-refractivity contribution in [3.63, 3.8) is 0 Å². The van der Waals surface area contributed by atoms with Crippen molar-refractivity contribution in [2.45, 2.75) is 18.8 Å². The summed E-state index contributed by atoms with van der Waals surface area (Å²) < 4.78 is 4.80. The van der Waals surface area contributed by atoms with Gasteiger partial charge in [0.25, 0.3) is 5.91 Å². The summed E-state index contributed by atoms with van der Waals surface area (Å²) in [5, 5.41) is 3.89. The molecule has 1 saturated heterocycles. The van der Waals surface area contributed by atoms with Crippen LogP contribution in [-0.2, 0) is 0 Å². The van der Waals surface area contributed by atoms with Crippen molar-refractivity contribution in [2.75, 3.05) is 13.1 Å². The van der Waals surface area contributed by atoms with E-state index < -0.39 is 0 Å². The molecule has 0 radical (unpaired) electrons. The molecule has 4 rings (SSSR count). The molecular formula is C15H15N5O2. The molecule has 3 aromatic rings. The summed E-state index contributed by atoms with van der Waals surface area (Å²) in [6, 6.07) is 7.63. The van der Waals surface area contributed by atoms with Gasteiger partial charge in [0.15, 0.2) is 11.6 Å². The number of imidazole rings is 1. The van der Waals surface area contributed by atoms with E-state index >= 15 is 0 Å². The maximum Gasteiger partial charge on any atom is 0.289 e. The molecule has 0 bridgehead atoms. The average Bonchev–Trinajstić information content (AvgIpc) is 3.23. The van der Waals surface area contributed by atoms with Crippen LogP contribution in [0.15, 0.2) is 35.2 Å². The molecule has 0 saturated carbocycles. The van der Waals surface area contributed by atoms with Crippen molar-refractivity contribution >= 4 is 16.9 Å². The van der Waals surface area contributed by atoms with Crippen molar-refractivity contribution in [1.29, 1.82) is 0 Å². The van der Waals surface area contributed by atoms with E-state index in [0.29, 0.717) is 18.2 Å². The number of likely N-dealkylation sites (tertiary alicyclic amines) is 1. The summed E-state index contributed by atoms with van der Waals surface area (Å²) in [7, 11) is 0. The van der Waals surface area contributed by atoms with E-state index in [9.17, 15) is 4.79 Å². The molecule has 0 unspecified atom stereocenters. The van der Waals surface area contributed by atoms with Gasteiger partial charge in [0.2, 0.25) is 6.39 Å². The first-order chi connectivity index (χ1) is 10.8. The molecule has 0 spiro atoms. The van der Waals surface area contributed by atoms with Crippen LogP contribution >= 0.6 is 0 Å². The summed E-state index contributed by atoms with van der Waals surface area (Å²) in [6.07, 6.45) is 3.21. The lowest BCUT2D eigenvalue weighted by atomic mass is 9.97. The van der Waals surface area contributed by atoms with Gasteiger partial charge in [-0.3, -0.25) is 4.79 Å². The highest BCUT2D eigenvalue weighted by Crippen LogP contribution is 2.25. The van der Waals surface area contributed by atoms with Crippen molar-refractivity contribution < 1.29 is 9.32 Å². The number of aromatic nitrogens is 4. The number of para-hydroxylation sites is 2. The summed E-state index contributed by atoms with van der Waals surface area (Å²) >= 11 is 0. The lowest BCUT2D eigenvalue weighted by Crippen LogP contribution is -2.39. The molecular weight excluding hydrogens is 282 g/mol. The average molecular weight is 297 g/mol. The fourth-order valence-electron chi connectivity index (χ4n) is 2.93. The second-order valence-corrected chi connectivity index (χ2v) is 5.48. The standard InChI is InChI=1S/C15H15N5O2/c21-15(14-17-11-5-1-2-6-12(11)18-14)20-7-3-4-10(8-20)13-16-9-22-19-13/h1-2,5-6,9-10H,3-4,7-8H2,(H,17,18)/t10-/m1/s1. The zero-order valence-electron chi connectivity index (χ0n) is 11.9. The van der Waals surface area contributed by atoms with Gasteiger partial charge in [-0.25, -0.2) is 4.98 Å². The monoisotopic (exact) mass is 297 g/mol. The van der Waals surface area contributed by atoms with E-state index in [0.717, 1.165) is 30.4 Å². The van der Waals surface area contributed by atoms with Crippen molar-refractivity contribution in [3.8, 4) is 0 Å². The Morgan fingerprint density at radius 1 is 1.36 bits per heavy atom. The molecule has 1 fully saturated rings. The van der Waals surface area contributed by atoms with Crippen LogP contribution in [0.2, 0.25) is 0 Å². The Bertz CT molecular complexity index is 762. The van der Waals surface area contributed by atoms with Gasteiger partial charge in [-0.05, 0) is 25.0 Å². The van der Waals surface area contributed by atoms with Gasteiger partial charge < -0.3 is 14.4 Å². The molecule has 1 atom stereocenters. The van der Waals surface area contributed by atoms with E-state index in [1.165, 1.54) is 6.39 Å². The van der Waals surface area contributed by atoms with Gasteiger partial charge in [-0.15, -0.1) is 0 Å². The fraction of sp³-hybridized carbons (Fsp3) is 0.333. The third-order valence-corrected chi connectivity index (χ3v) is 4.04. The highest BCUT2D eigenvalue weighted by atomic mass is 16.5. The molecule has 0 aliphatic carbocycles. The van der Waals surface area contributed by atoms with Crippen molar-refractivity contribution in [2.24, 2.45) is 0 Å². The number of hydrogen-bond donors (Lipinski definition) is 1. The Kier molecular flexibility index (Phi) is 3.10. The van der Waals surface area contributed by atoms with Gasteiger partial charge in [0.05, 0.1) is 11.0 Å². The Morgan fingerprint density at radius 3 is 3.09 bits per heavy atom. The smallest absolute Gasteiger partial charge is 0.289 e. The second kappa shape index (κ2) is 5.25. The number of H-pyrrole nitrogens is 1. The van der Waals surface area contributed by atoms with Crippen LogP contribution in [0, 0.1) is 0 Å². The maximum atomic E-state index is 12.7. The first-order valence-corrected chi connectivity index (χ1v) is 7.31. The van der Waals surface area contributed by atoms with E-state index in [2.05, 4.69) is 20.1 Å². The first kappa shape index (κ1) is 13.0. The zero-order chi connectivity index (χ0) is 14.9. The van der Waals surface area contributed by atoms with E-state index in [-0.39, 0.29) is 11.8 Å². The number of nitrogens with zero attached hydrogens (tertiary/aromatic N) is 4. The number of carbonyl (C=O) groups is 1. The van der Waals surface area contributed by atoms with Gasteiger partial charge in [-0.1, -0.05) is 17.3 Å². The number of rotatable bonds is 2. The lowest BCUT2D eigenvalue weighted by molar-refractivity contribution is 0.0692. The maximum absolute atomic E-state index is 12.7. The van der Waals surface area contributed by atoms with Gasteiger partial charge in [-0.2, -0.15) is 4.98 Å². The largest absolute Gasteiger partial charge is 0.343 e. The molecule has 22 heavy (non-hydrogen) atoms. The quantitative estimate of drug-likeness (QED) is 0.781. The number of aromatic amines is 1. The molecule has 1 N–H and O–H groups in total. The topological polar surface area (TPSA) is 87.9 Å². The number of carbonyl (C=O) groups excluding carboxylic acids is 1. The number of hydrogen-bond acceptors (Lipinski definition) is 5. The van der Waals surface area contributed by atoms with Crippen LogP contribution in [0.25, 0.3) is 11.0 Å². The minimum atomic E-state index is -0.0793. The zero-order valence-corrected chi connectivity index (χ0v) is 11.9. The number of benzene rings is 1. The number of amides is 1. The van der Waals surface area contributed by atoms with Crippen LogP contribution in [0.4, 0.5) is 0 Å². The molecule has 112 valence electrons. The number of fused-ring (bicyclic) bond motifs is 1. The minimum absolute atomic E-state index is 0.0793. The molecule has 3 heterocycles. The molecule has 1 aliphatic heterocycles. The van der Waals surface area contributed by atoms with Gasteiger partial charge >= 0.3 is 0 Å². The molecule has 1 aliphatic rings.